The Balaban J connectivity index is 1.53. The van der Waals surface area contributed by atoms with Gasteiger partial charge in [-0.3, -0.25) is 14.4 Å². The Morgan fingerprint density at radius 1 is 1.05 bits per heavy atom. The van der Waals surface area contributed by atoms with Crippen LogP contribution < -0.4 is 4.74 Å². The Hall–Kier alpha value is -4.80. The molecule has 0 spiro atoms. The fourth-order valence-corrected chi connectivity index (χ4v) is 4.88. The van der Waals surface area contributed by atoms with Crippen LogP contribution in [0.25, 0.3) is 11.1 Å². The van der Waals surface area contributed by atoms with Crippen LogP contribution in [0.5, 0.6) is 11.5 Å². The number of hydrogen-bond acceptors (Lipinski definition) is 6. The van der Waals surface area contributed by atoms with Gasteiger partial charge in [0.1, 0.15) is 17.6 Å². The number of rotatable bonds is 8. The Morgan fingerprint density at radius 3 is 2.48 bits per heavy atom. The first-order chi connectivity index (χ1) is 20.0. The smallest absolute Gasteiger partial charge is 0.416 e. The molecule has 0 saturated carbocycles. The van der Waals surface area contributed by atoms with Crippen LogP contribution in [0.2, 0.25) is 0 Å². The number of carbonyl (C=O) groups excluding carboxylic acids is 2. The third-order valence-corrected chi connectivity index (χ3v) is 7.11. The maximum Gasteiger partial charge on any atom is 0.416 e. The number of ether oxygens (including phenoxy) is 3. The van der Waals surface area contributed by atoms with Crippen molar-refractivity contribution in [1.82, 2.24) is 14.7 Å². The monoisotopic (exact) mass is 579 g/mol. The van der Waals surface area contributed by atoms with E-state index in [-0.39, 0.29) is 24.3 Å². The Labute approximate surface area is 240 Å². The highest BCUT2D eigenvalue weighted by Crippen LogP contribution is 2.40. The summed E-state index contributed by atoms with van der Waals surface area (Å²) >= 11 is 0. The van der Waals surface area contributed by atoms with E-state index in [9.17, 15) is 22.8 Å². The molecule has 0 radical (unpaired) electrons. The van der Waals surface area contributed by atoms with Crippen LogP contribution in [-0.2, 0) is 40.5 Å². The van der Waals surface area contributed by atoms with E-state index in [1.165, 1.54) is 18.1 Å². The number of methoxy groups -OCH3 is 1. The van der Waals surface area contributed by atoms with Gasteiger partial charge in [0.15, 0.2) is 0 Å². The second-order valence-electron chi connectivity index (χ2n) is 9.99. The van der Waals surface area contributed by atoms with Crippen LogP contribution in [0.1, 0.15) is 35.3 Å². The molecule has 3 aromatic carbocycles. The fraction of sp³-hybridized carbons (Fsp3) is 0.258. The molecule has 1 aromatic heterocycles. The highest BCUT2D eigenvalue weighted by molar-refractivity contribution is 5.75. The average Bonchev–Trinajstić information content (AvgIpc) is 3.52. The lowest BCUT2D eigenvalue weighted by atomic mass is 10.0. The zero-order chi connectivity index (χ0) is 30.0. The maximum atomic E-state index is 13.8. The number of esters is 1. The van der Waals surface area contributed by atoms with Gasteiger partial charge in [-0.15, -0.1) is 0 Å². The molecule has 1 aliphatic rings. The van der Waals surface area contributed by atoms with Crippen LogP contribution in [-0.4, -0.2) is 39.9 Å². The highest BCUT2D eigenvalue weighted by Gasteiger charge is 2.40. The average molecular weight is 580 g/mol. The van der Waals surface area contributed by atoms with Crippen molar-refractivity contribution in [1.29, 1.82) is 0 Å². The number of alkyl halides is 3. The molecular formula is C31H28F3N3O5. The van der Waals surface area contributed by atoms with Crippen molar-refractivity contribution in [2.45, 2.75) is 38.2 Å². The summed E-state index contributed by atoms with van der Waals surface area (Å²) in [7, 11) is 3.04. The number of aryl methyl sites for hydroxylation is 1. The summed E-state index contributed by atoms with van der Waals surface area (Å²) in [5.41, 5.74) is 1.94. The van der Waals surface area contributed by atoms with Crippen LogP contribution >= 0.6 is 0 Å². The van der Waals surface area contributed by atoms with Gasteiger partial charge in [-0.1, -0.05) is 42.5 Å². The van der Waals surface area contributed by atoms with E-state index in [0.717, 1.165) is 17.7 Å². The molecule has 0 aliphatic carbocycles. The van der Waals surface area contributed by atoms with Crippen LogP contribution in [0.4, 0.5) is 18.0 Å². The van der Waals surface area contributed by atoms with Crippen molar-refractivity contribution in [3.8, 4) is 22.6 Å². The lowest BCUT2D eigenvalue weighted by Gasteiger charge is -2.23. The molecule has 0 unspecified atom stereocenters. The predicted molar refractivity (Wildman–Crippen MR) is 147 cm³/mol. The molecule has 11 heteroatoms. The minimum absolute atomic E-state index is 0.0297. The topological polar surface area (TPSA) is 82.9 Å². The van der Waals surface area contributed by atoms with E-state index in [1.54, 1.807) is 49.2 Å². The van der Waals surface area contributed by atoms with Crippen molar-refractivity contribution in [3.05, 3.63) is 101 Å². The summed E-state index contributed by atoms with van der Waals surface area (Å²) in [4.78, 5) is 26.3. The van der Waals surface area contributed by atoms with E-state index in [1.807, 2.05) is 30.3 Å². The first kappa shape index (κ1) is 28.7. The normalized spacial score (nSPS) is 16.8. The molecule has 1 fully saturated rings. The van der Waals surface area contributed by atoms with Crippen LogP contribution in [0, 0.1) is 0 Å². The zero-order valence-electron chi connectivity index (χ0n) is 23.1. The van der Waals surface area contributed by atoms with Crippen LogP contribution in [0.15, 0.2) is 79.1 Å². The third-order valence-electron chi connectivity index (χ3n) is 7.11. The van der Waals surface area contributed by atoms with E-state index in [4.69, 9.17) is 14.2 Å². The van der Waals surface area contributed by atoms with Gasteiger partial charge in [0.05, 0.1) is 37.9 Å². The largest absolute Gasteiger partial charge is 0.469 e. The first-order valence-corrected chi connectivity index (χ1v) is 13.1. The second-order valence-corrected chi connectivity index (χ2v) is 9.99. The van der Waals surface area contributed by atoms with Gasteiger partial charge in [0.25, 0.3) is 0 Å². The van der Waals surface area contributed by atoms with Gasteiger partial charge >= 0.3 is 18.2 Å². The number of carbonyl (C=O) groups is 2. The molecule has 8 nitrogen and oxygen atoms in total. The molecule has 218 valence electrons. The molecule has 0 N–H and O–H groups in total. The molecule has 1 saturated heterocycles. The van der Waals surface area contributed by atoms with Gasteiger partial charge < -0.3 is 14.2 Å². The number of benzene rings is 3. The van der Waals surface area contributed by atoms with E-state index in [0.29, 0.717) is 22.4 Å². The quantitative estimate of drug-likeness (QED) is 0.216. The minimum Gasteiger partial charge on any atom is -0.469 e. The van der Waals surface area contributed by atoms with Gasteiger partial charge in [-0.25, -0.2) is 4.79 Å². The van der Waals surface area contributed by atoms with Crippen molar-refractivity contribution in [3.63, 3.8) is 0 Å². The predicted octanol–water partition coefficient (Wildman–Crippen LogP) is 6.70. The van der Waals surface area contributed by atoms with Crippen molar-refractivity contribution in [2.75, 3.05) is 7.11 Å². The lowest BCUT2D eigenvalue weighted by Crippen LogP contribution is -2.31. The van der Waals surface area contributed by atoms with E-state index < -0.39 is 35.9 Å². The summed E-state index contributed by atoms with van der Waals surface area (Å²) in [5.74, 6) is -0.0454. The minimum atomic E-state index is -4.61. The third kappa shape index (κ3) is 6.09. The molecule has 2 atom stereocenters. The standard InChI is InChI=1S/C31H28F3N3O5/c1-19-29(21-7-5-4-6-8-21)42-30(39)37(19)18-22-15-24(31(32,33)34)10-12-26(22)41-27-13-20(14-28(38)40-3)9-11-25(27)23-16-35-36(2)17-23/h4-13,15-17,19,29H,14,18H2,1-3H3/t19-,29-/m1/s1. The van der Waals surface area contributed by atoms with Crippen molar-refractivity contribution in [2.24, 2.45) is 7.05 Å². The number of nitrogens with zero attached hydrogens (tertiary/aromatic N) is 3. The molecular weight excluding hydrogens is 551 g/mol. The Kier molecular flexibility index (Phi) is 7.93. The van der Waals surface area contributed by atoms with Gasteiger partial charge in [0.2, 0.25) is 0 Å². The molecule has 42 heavy (non-hydrogen) atoms. The molecule has 1 aliphatic heterocycles. The number of hydrogen-bond donors (Lipinski definition) is 0. The maximum absolute atomic E-state index is 13.8. The summed E-state index contributed by atoms with van der Waals surface area (Å²) in [6.45, 7) is 1.60. The Bertz CT molecular complexity index is 1600. The summed E-state index contributed by atoms with van der Waals surface area (Å²) in [5, 5.41) is 4.20. The molecule has 1 amide bonds. The van der Waals surface area contributed by atoms with Crippen LogP contribution in [0.3, 0.4) is 0 Å². The van der Waals surface area contributed by atoms with Gasteiger partial charge in [-0.2, -0.15) is 18.3 Å². The van der Waals surface area contributed by atoms with Crippen molar-refractivity contribution >= 4 is 12.1 Å². The number of aromatic nitrogens is 2. The molecule has 2 heterocycles. The second kappa shape index (κ2) is 11.6. The molecule has 4 aromatic rings. The lowest BCUT2D eigenvalue weighted by molar-refractivity contribution is -0.140. The van der Waals surface area contributed by atoms with E-state index >= 15 is 0 Å². The molecule has 0 bridgehead atoms. The summed E-state index contributed by atoms with van der Waals surface area (Å²) in [6.07, 6.45) is -2.48. The number of halogens is 3. The first-order valence-electron chi connectivity index (χ1n) is 13.1. The number of amides is 1. The van der Waals surface area contributed by atoms with Gasteiger partial charge in [-0.05, 0) is 42.3 Å². The van der Waals surface area contributed by atoms with Crippen molar-refractivity contribution < 1.29 is 37.0 Å². The zero-order valence-corrected chi connectivity index (χ0v) is 23.1. The molecule has 5 rings (SSSR count). The van der Waals surface area contributed by atoms with E-state index in [2.05, 4.69) is 5.10 Å². The van der Waals surface area contributed by atoms with Gasteiger partial charge in [0, 0.05) is 29.9 Å². The summed E-state index contributed by atoms with van der Waals surface area (Å²) in [6, 6.07) is 17.0. The fourth-order valence-electron chi connectivity index (χ4n) is 4.88. The Morgan fingerprint density at radius 2 is 1.81 bits per heavy atom. The summed E-state index contributed by atoms with van der Waals surface area (Å²) < 4.78 is 59.6. The SMILES string of the molecule is COC(=O)Cc1ccc(-c2cnn(C)c2)c(Oc2ccc(C(F)(F)F)cc2CN2C(=O)O[C@@H](c3ccccc3)[C@H]2C)c1. The number of cyclic esters (lactones) is 1. The highest BCUT2D eigenvalue weighted by atomic mass is 19.4.